The van der Waals surface area contributed by atoms with Gasteiger partial charge in [0.25, 0.3) is 5.91 Å². The van der Waals surface area contributed by atoms with E-state index in [9.17, 15) is 9.59 Å². The highest BCUT2D eigenvalue weighted by molar-refractivity contribution is 6.04. The second-order valence-corrected chi connectivity index (χ2v) is 6.40. The van der Waals surface area contributed by atoms with Crippen LogP contribution in [0.15, 0.2) is 18.2 Å². The maximum absolute atomic E-state index is 12.7. The van der Waals surface area contributed by atoms with Gasteiger partial charge < -0.3 is 10.1 Å². The van der Waals surface area contributed by atoms with E-state index in [-0.39, 0.29) is 30.3 Å². The summed E-state index contributed by atoms with van der Waals surface area (Å²) in [5, 5.41) is 2.83. The first kappa shape index (κ1) is 16.3. The molecular formula is C17H24N2O3. The third kappa shape index (κ3) is 3.40. The Morgan fingerprint density at radius 2 is 2.00 bits per heavy atom. The number of rotatable bonds is 4. The van der Waals surface area contributed by atoms with Gasteiger partial charge >= 0.3 is 0 Å². The molecule has 0 aromatic heterocycles. The van der Waals surface area contributed by atoms with Crippen LogP contribution in [0.5, 0.6) is 5.75 Å². The Labute approximate surface area is 131 Å². The van der Waals surface area contributed by atoms with Crippen molar-refractivity contribution in [3.63, 3.8) is 0 Å². The molecule has 5 heteroatoms. The lowest BCUT2D eigenvalue weighted by Gasteiger charge is -2.36. The van der Waals surface area contributed by atoms with Crippen LogP contribution in [0, 0.1) is 12.8 Å². The van der Waals surface area contributed by atoms with Crippen molar-refractivity contribution in [2.75, 3.05) is 11.4 Å². The smallest absolute Gasteiger partial charge is 0.268 e. The highest BCUT2D eigenvalue weighted by Crippen LogP contribution is 2.36. The Bertz CT molecular complexity index is 581. The number of nitrogens with zero attached hydrogens (tertiary/aromatic N) is 1. The lowest BCUT2D eigenvalue weighted by molar-refractivity contribution is -0.130. The molecule has 5 nitrogen and oxygen atoms in total. The van der Waals surface area contributed by atoms with Gasteiger partial charge in [0.15, 0.2) is 6.10 Å². The number of ether oxygens (including phenoxy) is 1. The Balaban J connectivity index is 2.34. The van der Waals surface area contributed by atoms with E-state index in [1.165, 1.54) is 4.90 Å². The van der Waals surface area contributed by atoms with E-state index in [0.29, 0.717) is 11.4 Å². The minimum atomic E-state index is -0.554. The molecule has 1 aromatic rings. The topological polar surface area (TPSA) is 58.6 Å². The zero-order valence-corrected chi connectivity index (χ0v) is 13.8. The number of nitrogens with one attached hydrogen (secondary N) is 1. The highest BCUT2D eigenvalue weighted by Gasteiger charge is 2.37. The quantitative estimate of drug-likeness (QED) is 0.928. The van der Waals surface area contributed by atoms with Crippen molar-refractivity contribution in [2.45, 2.75) is 46.8 Å². The minimum absolute atomic E-state index is 0.0139. The normalized spacial score (nSPS) is 17.5. The molecule has 120 valence electrons. The van der Waals surface area contributed by atoms with Crippen molar-refractivity contribution in [1.29, 1.82) is 0 Å². The van der Waals surface area contributed by atoms with Crippen LogP contribution in [0.25, 0.3) is 0 Å². The van der Waals surface area contributed by atoms with Crippen molar-refractivity contribution >= 4 is 17.5 Å². The number of fused-ring (bicyclic) bond motifs is 1. The average Bonchev–Trinajstić information content (AvgIpc) is 2.40. The molecule has 1 heterocycles. The predicted molar refractivity (Wildman–Crippen MR) is 86.1 cm³/mol. The number of aryl methyl sites for hydroxylation is 1. The summed E-state index contributed by atoms with van der Waals surface area (Å²) >= 11 is 0. The molecule has 0 fully saturated rings. The standard InChI is InChI=1S/C17H24N2O3/c1-10(2)16-17(21)19(9-15(20)18-11(3)4)13-8-12(5)6-7-14(13)22-16/h6-8,10-11,16H,9H2,1-5H3,(H,18,20)/t16-/m1/s1. The SMILES string of the molecule is Cc1ccc2c(c1)N(CC(=O)NC(C)C)C(=O)[C@@H](C(C)C)O2. The van der Waals surface area contributed by atoms with Crippen molar-refractivity contribution in [2.24, 2.45) is 5.92 Å². The van der Waals surface area contributed by atoms with Gasteiger partial charge in [-0.05, 0) is 44.4 Å². The molecule has 1 atom stereocenters. The van der Waals surface area contributed by atoms with Crippen LogP contribution in [0.1, 0.15) is 33.3 Å². The zero-order valence-electron chi connectivity index (χ0n) is 13.8. The maximum atomic E-state index is 12.7. The second kappa shape index (κ2) is 6.38. The van der Waals surface area contributed by atoms with Gasteiger partial charge in [0.2, 0.25) is 5.91 Å². The van der Waals surface area contributed by atoms with E-state index in [1.807, 2.05) is 52.8 Å². The summed E-state index contributed by atoms with van der Waals surface area (Å²) in [4.78, 5) is 26.3. The summed E-state index contributed by atoms with van der Waals surface area (Å²) in [7, 11) is 0. The van der Waals surface area contributed by atoms with Gasteiger partial charge in [-0.15, -0.1) is 0 Å². The highest BCUT2D eigenvalue weighted by atomic mass is 16.5. The van der Waals surface area contributed by atoms with Crippen LogP contribution in [-0.2, 0) is 9.59 Å². The van der Waals surface area contributed by atoms with Crippen molar-refractivity contribution in [3.05, 3.63) is 23.8 Å². The molecule has 1 aliphatic rings. The third-order valence-corrected chi connectivity index (χ3v) is 3.53. The number of amides is 2. The molecule has 1 aromatic carbocycles. The predicted octanol–water partition coefficient (Wildman–Crippen LogP) is 2.27. The van der Waals surface area contributed by atoms with Gasteiger partial charge in [-0.25, -0.2) is 0 Å². The maximum Gasteiger partial charge on any atom is 0.268 e. The fourth-order valence-electron chi connectivity index (χ4n) is 2.49. The average molecular weight is 304 g/mol. The van der Waals surface area contributed by atoms with Crippen LogP contribution in [0.3, 0.4) is 0 Å². The summed E-state index contributed by atoms with van der Waals surface area (Å²) < 4.78 is 5.83. The summed E-state index contributed by atoms with van der Waals surface area (Å²) in [5.74, 6) is 0.367. The van der Waals surface area contributed by atoms with E-state index < -0.39 is 6.10 Å². The first-order valence-corrected chi connectivity index (χ1v) is 7.67. The molecule has 2 amide bonds. The van der Waals surface area contributed by atoms with Crippen molar-refractivity contribution in [1.82, 2.24) is 5.32 Å². The Morgan fingerprint density at radius 3 is 2.59 bits per heavy atom. The summed E-state index contributed by atoms with van der Waals surface area (Å²) in [6.45, 7) is 9.63. The number of benzene rings is 1. The van der Waals surface area contributed by atoms with E-state index in [1.54, 1.807) is 0 Å². The van der Waals surface area contributed by atoms with Crippen LogP contribution in [0.4, 0.5) is 5.69 Å². The monoisotopic (exact) mass is 304 g/mol. The number of anilines is 1. The molecule has 22 heavy (non-hydrogen) atoms. The minimum Gasteiger partial charge on any atom is -0.478 e. The Kier molecular flexibility index (Phi) is 4.74. The van der Waals surface area contributed by atoms with E-state index in [0.717, 1.165) is 5.56 Å². The number of carbonyl (C=O) groups excluding carboxylic acids is 2. The number of hydrogen-bond donors (Lipinski definition) is 1. The van der Waals surface area contributed by atoms with Crippen molar-refractivity contribution < 1.29 is 14.3 Å². The summed E-state index contributed by atoms with van der Waals surface area (Å²) in [5.41, 5.74) is 1.69. The Hall–Kier alpha value is -2.04. The van der Waals surface area contributed by atoms with Crippen LogP contribution >= 0.6 is 0 Å². The summed E-state index contributed by atoms with van der Waals surface area (Å²) in [6.07, 6.45) is -0.554. The third-order valence-electron chi connectivity index (χ3n) is 3.53. The molecule has 0 aliphatic carbocycles. The van der Waals surface area contributed by atoms with Crippen LogP contribution in [0.2, 0.25) is 0 Å². The molecule has 0 radical (unpaired) electrons. The van der Waals surface area contributed by atoms with Gasteiger partial charge in [0, 0.05) is 6.04 Å². The lowest BCUT2D eigenvalue weighted by atomic mass is 10.0. The first-order chi connectivity index (χ1) is 10.3. The van der Waals surface area contributed by atoms with Gasteiger partial charge in [-0.1, -0.05) is 19.9 Å². The van der Waals surface area contributed by atoms with Crippen LogP contribution in [-0.4, -0.2) is 30.5 Å². The molecule has 0 saturated heterocycles. The van der Waals surface area contributed by atoms with E-state index in [4.69, 9.17) is 4.74 Å². The first-order valence-electron chi connectivity index (χ1n) is 7.67. The Morgan fingerprint density at radius 1 is 1.32 bits per heavy atom. The second-order valence-electron chi connectivity index (χ2n) is 6.40. The molecule has 0 bridgehead atoms. The molecular weight excluding hydrogens is 280 g/mol. The number of hydrogen-bond acceptors (Lipinski definition) is 3. The summed E-state index contributed by atoms with van der Waals surface area (Å²) in [6, 6.07) is 5.73. The van der Waals surface area contributed by atoms with Gasteiger partial charge in [-0.3, -0.25) is 14.5 Å². The van der Waals surface area contributed by atoms with Gasteiger partial charge in [0.1, 0.15) is 12.3 Å². The largest absolute Gasteiger partial charge is 0.478 e. The molecule has 0 saturated carbocycles. The zero-order chi connectivity index (χ0) is 16.4. The molecule has 1 aliphatic heterocycles. The van der Waals surface area contributed by atoms with Crippen molar-refractivity contribution in [3.8, 4) is 5.75 Å². The van der Waals surface area contributed by atoms with Crippen LogP contribution < -0.4 is 15.0 Å². The van der Waals surface area contributed by atoms with Gasteiger partial charge in [-0.2, -0.15) is 0 Å². The fourth-order valence-corrected chi connectivity index (χ4v) is 2.49. The molecule has 2 rings (SSSR count). The molecule has 0 unspecified atom stereocenters. The number of carbonyl (C=O) groups is 2. The van der Waals surface area contributed by atoms with E-state index in [2.05, 4.69) is 5.32 Å². The molecule has 1 N–H and O–H groups in total. The fraction of sp³-hybridized carbons (Fsp3) is 0.529. The van der Waals surface area contributed by atoms with Gasteiger partial charge in [0.05, 0.1) is 5.69 Å². The lowest BCUT2D eigenvalue weighted by Crippen LogP contribution is -2.52. The van der Waals surface area contributed by atoms with E-state index >= 15 is 0 Å². The molecule has 0 spiro atoms.